The molecule has 0 unspecified atom stereocenters. The van der Waals surface area contributed by atoms with E-state index in [2.05, 4.69) is 0 Å². The van der Waals surface area contributed by atoms with E-state index >= 15 is 0 Å². The molecule has 0 aliphatic carbocycles. The summed E-state index contributed by atoms with van der Waals surface area (Å²) in [5.41, 5.74) is 1.03. The van der Waals surface area contributed by atoms with Crippen molar-refractivity contribution in [2.45, 2.75) is 13.5 Å². The summed E-state index contributed by atoms with van der Waals surface area (Å²) < 4.78 is 16.0. The first-order chi connectivity index (χ1) is 11.7. The van der Waals surface area contributed by atoms with Gasteiger partial charge in [-0.1, -0.05) is 30.3 Å². The smallest absolute Gasteiger partial charge is 0.374 e. The Morgan fingerprint density at radius 3 is 2.62 bits per heavy atom. The van der Waals surface area contributed by atoms with Gasteiger partial charge in [0.15, 0.2) is 5.43 Å². The lowest BCUT2D eigenvalue weighted by molar-refractivity contribution is 0.0490. The average molecular weight is 324 g/mol. The number of carbonyl (C=O) groups excluding carboxylic acids is 1. The van der Waals surface area contributed by atoms with E-state index in [-0.39, 0.29) is 17.8 Å². The SMILES string of the molecule is CCOC(=O)c1cc(=O)c2cc(OCc3ccccc3)ccc2o1. The zero-order valence-corrected chi connectivity index (χ0v) is 13.2. The predicted octanol–water partition coefficient (Wildman–Crippen LogP) is 3.55. The molecule has 0 bridgehead atoms. The van der Waals surface area contributed by atoms with Crippen molar-refractivity contribution < 1.29 is 18.7 Å². The third-order valence-electron chi connectivity index (χ3n) is 3.42. The highest BCUT2D eigenvalue weighted by molar-refractivity contribution is 5.89. The third kappa shape index (κ3) is 3.46. The largest absolute Gasteiger partial charge is 0.489 e. The highest BCUT2D eigenvalue weighted by atomic mass is 16.5. The van der Waals surface area contributed by atoms with Gasteiger partial charge in [-0.2, -0.15) is 0 Å². The summed E-state index contributed by atoms with van der Waals surface area (Å²) in [6, 6.07) is 15.8. The number of fused-ring (bicyclic) bond motifs is 1. The fourth-order valence-electron chi connectivity index (χ4n) is 2.27. The molecular formula is C19H16O5. The van der Waals surface area contributed by atoms with E-state index in [9.17, 15) is 9.59 Å². The summed E-state index contributed by atoms with van der Waals surface area (Å²) in [6.07, 6.45) is 0. The van der Waals surface area contributed by atoms with Gasteiger partial charge in [0.2, 0.25) is 5.76 Å². The van der Waals surface area contributed by atoms with Crippen molar-refractivity contribution in [1.82, 2.24) is 0 Å². The van der Waals surface area contributed by atoms with Crippen molar-refractivity contribution in [3.8, 4) is 5.75 Å². The zero-order valence-electron chi connectivity index (χ0n) is 13.2. The lowest BCUT2D eigenvalue weighted by atomic mass is 10.2. The van der Waals surface area contributed by atoms with Crippen LogP contribution in [-0.2, 0) is 11.3 Å². The Hall–Kier alpha value is -3.08. The second-order valence-corrected chi connectivity index (χ2v) is 5.13. The van der Waals surface area contributed by atoms with E-state index in [0.717, 1.165) is 11.6 Å². The Morgan fingerprint density at radius 2 is 1.88 bits per heavy atom. The maximum atomic E-state index is 12.2. The molecule has 24 heavy (non-hydrogen) atoms. The molecule has 2 aromatic carbocycles. The van der Waals surface area contributed by atoms with E-state index < -0.39 is 5.97 Å². The van der Waals surface area contributed by atoms with Crippen molar-refractivity contribution in [2.75, 3.05) is 6.61 Å². The lowest BCUT2D eigenvalue weighted by Gasteiger charge is -2.07. The van der Waals surface area contributed by atoms with Crippen LogP contribution in [0.2, 0.25) is 0 Å². The van der Waals surface area contributed by atoms with E-state index in [0.29, 0.717) is 23.3 Å². The predicted molar refractivity (Wildman–Crippen MR) is 89.2 cm³/mol. The van der Waals surface area contributed by atoms with Crippen molar-refractivity contribution in [3.05, 3.63) is 76.1 Å². The second kappa shape index (κ2) is 7.00. The highest BCUT2D eigenvalue weighted by Crippen LogP contribution is 2.20. The summed E-state index contributed by atoms with van der Waals surface area (Å²) in [5.74, 6) is -0.198. The van der Waals surface area contributed by atoms with Crippen LogP contribution >= 0.6 is 0 Å². The van der Waals surface area contributed by atoms with Gasteiger partial charge in [0, 0.05) is 6.07 Å². The molecule has 0 atom stereocenters. The number of ether oxygens (including phenoxy) is 2. The van der Waals surface area contributed by atoms with Crippen LogP contribution in [0, 0.1) is 0 Å². The minimum atomic E-state index is -0.652. The van der Waals surface area contributed by atoms with Crippen LogP contribution < -0.4 is 10.2 Å². The van der Waals surface area contributed by atoms with Gasteiger partial charge in [0.1, 0.15) is 17.9 Å². The Morgan fingerprint density at radius 1 is 1.08 bits per heavy atom. The van der Waals surface area contributed by atoms with E-state index in [4.69, 9.17) is 13.9 Å². The molecule has 122 valence electrons. The van der Waals surface area contributed by atoms with E-state index in [1.54, 1.807) is 25.1 Å². The van der Waals surface area contributed by atoms with Crippen LogP contribution in [0.25, 0.3) is 11.0 Å². The highest BCUT2D eigenvalue weighted by Gasteiger charge is 2.13. The molecular weight excluding hydrogens is 308 g/mol. The maximum Gasteiger partial charge on any atom is 0.374 e. The third-order valence-corrected chi connectivity index (χ3v) is 3.42. The van der Waals surface area contributed by atoms with Gasteiger partial charge < -0.3 is 13.9 Å². The fraction of sp³-hybridized carbons (Fsp3) is 0.158. The molecule has 3 aromatic rings. The summed E-state index contributed by atoms with van der Waals surface area (Å²) in [6.45, 7) is 2.30. The van der Waals surface area contributed by atoms with Gasteiger partial charge >= 0.3 is 5.97 Å². The van der Waals surface area contributed by atoms with Crippen molar-refractivity contribution in [3.63, 3.8) is 0 Å². The number of benzene rings is 2. The number of hydrogen-bond donors (Lipinski definition) is 0. The number of hydrogen-bond acceptors (Lipinski definition) is 5. The molecule has 0 saturated carbocycles. The van der Waals surface area contributed by atoms with Crippen LogP contribution in [-0.4, -0.2) is 12.6 Å². The molecule has 0 N–H and O–H groups in total. The molecule has 0 fully saturated rings. The summed E-state index contributed by atoms with van der Waals surface area (Å²) in [4.78, 5) is 23.9. The molecule has 0 amide bonds. The van der Waals surface area contributed by atoms with Crippen molar-refractivity contribution >= 4 is 16.9 Å². The molecule has 0 aliphatic heterocycles. The van der Waals surface area contributed by atoms with E-state index in [1.165, 1.54) is 0 Å². The quantitative estimate of drug-likeness (QED) is 0.672. The standard InChI is InChI=1S/C19H16O5/c1-2-22-19(21)18-11-16(20)15-10-14(8-9-17(15)24-18)23-12-13-6-4-3-5-7-13/h3-11H,2,12H2,1H3. The van der Waals surface area contributed by atoms with Gasteiger partial charge in [-0.05, 0) is 30.7 Å². The number of rotatable bonds is 5. The van der Waals surface area contributed by atoms with Crippen LogP contribution in [0.5, 0.6) is 5.75 Å². The number of esters is 1. The summed E-state index contributed by atoms with van der Waals surface area (Å²) in [5, 5.41) is 0.355. The van der Waals surface area contributed by atoms with Crippen molar-refractivity contribution in [2.24, 2.45) is 0 Å². The molecule has 5 nitrogen and oxygen atoms in total. The molecule has 0 spiro atoms. The molecule has 0 radical (unpaired) electrons. The zero-order chi connectivity index (χ0) is 16.9. The normalized spacial score (nSPS) is 10.5. The van der Waals surface area contributed by atoms with Crippen LogP contribution in [0.4, 0.5) is 0 Å². The molecule has 1 aromatic heterocycles. The molecule has 1 heterocycles. The van der Waals surface area contributed by atoms with Gasteiger partial charge in [0.25, 0.3) is 0 Å². The Labute approximate surface area is 138 Å². The fourth-order valence-corrected chi connectivity index (χ4v) is 2.27. The van der Waals surface area contributed by atoms with Crippen LogP contribution in [0.1, 0.15) is 23.0 Å². The minimum Gasteiger partial charge on any atom is -0.489 e. The minimum absolute atomic E-state index is 0.104. The van der Waals surface area contributed by atoms with Gasteiger partial charge in [0.05, 0.1) is 12.0 Å². The Bertz CT molecular complexity index is 912. The maximum absolute atomic E-state index is 12.2. The second-order valence-electron chi connectivity index (χ2n) is 5.13. The first-order valence-corrected chi connectivity index (χ1v) is 7.59. The Kier molecular flexibility index (Phi) is 4.61. The summed E-state index contributed by atoms with van der Waals surface area (Å²) >= 11 is 0. The lowest BCUT2D eigenvalue weighted by Crippen LogP contribution is -2.10. The molecule has 3 rings (SSSR count). The molecule has 0 aliphatic rings. The van der Waals surface area contributed by atoms with Crippen LogP contribution in [0.3, 0.4) is 0 Å². The molecule has 0 saturated heterocycles. The van der Waals surface area contributed by atoms with E-state index in [1.807, 2.05) is 30.3 Å². The van der Waals surface area contributed by atoms with Gasteiger partial charge in [-0.15, -0.1) is 0 Å². The van der Waals surface area contributed by atoms with Crippen molar-refractivity contribution in [1.29, 1.82) is 0 Å². The number of carbonyl (C=O) groups is 1. The first-order valence-electron chi connectivity index (χ1n) is 7.59. The summed E-state index contributed by atoms with van der Waals surface area (Å²) in [7, 11) is 0. The van der Waals surface area contributed by atoms with Gasteiger partial charge in [-0.3, -0.25) is 4.79 Å². The van der Waals surface area contributed by atoms with Gasteiger partial charge in [-0.25, -0.2) is 4.79 Å². The average Bonchev–Trinajstić information content (AvgIpc) is 2.61. The van der Waals surface area contributed by atoms with Crippen LogP contribution in [0.15, 0.2) is 63.8 Å². The molecule has 5 heteroatoms. The first kappa shape index (κ1) is 15.8. The monoisotopic (exact) mass is 324 g/mol. The topological polar surface area (TPSA) is 65.7 Å². The Balaban J connectivity index is 1.86.